The molecule has 0 saturated heterocycles. The van der Waals surface area contributed by atoms with Crippen molar-refractivity contribution in [1.29, 1.82) is 0 Å². The maximum Gasteiger partial charge on any atom is 0.223 e. The quantitative estimate of drug-likeness (QED) is 0.704. The summed E-state index contributed by atoms with van der Waals surface area (Å²) in [5.74, 6) is 1.16. The Balaban J connectivity index is 1.47. The van der Waals surface area contributed by atoms with Gasteiger partial charge in [-0.05, 0) is 24.3 Å². The van der Waals surface area contributed by atoms with Gasteiger partial charge in [0.25, 0.3) is 0 Å². The van der Waals surface area contributed by atoms with Crippen molar-refractivity contribution in [1.82, 2.24) is 14.7 Å². The zero-order valence-corrected chi connectivity index (χ0v) is 14.5. The third-order valence-corrected chi connectivity index (χ3v) is 3.81. The number of para-hydroxylation sites is 2. The number of carbonyl (C=O) groups is 1. The summed E-state index contributed by atoms with van der Waals surface area (Å²) in [5, 5.41) is 3.46. The standard InChI is InChI=1S/C18H18ClN3O3/c1-24-15-4-2-3-5-16(15)25-9-8-18(23)20-10-14-12-22-11-13(19)6-7-17(22)21-14/h2-7,11-12H,8-10H2,1H3,(H,20,23). The van der Waals surface area contributed by atoms with E-state index in [1.807, 2.05) is 34.9 Å². The number of nitrogens with zero attached hydrogens (tertiary/aromatic N) is 2. The van der Waals surface area contributed by atoms with E-state index >= 15 is 0 Å². The maximum absolute atomic E-state index is 12.0. The average Bonchev–Trinajstić information content (AvgIpc) is 3.02. The Hall–Kier alpha value is -2.73. The lowest BCUT2D eigenvalue weighted by Gasteiger charge is -2.10. The second kappa shape index (κ2) is 7.90. The van der Waals surface area contributed by atoms with Crippen LogP contribution in [-0.4, -0.2) is 29.0 Å². The molecule has 3 rings (SSSR count). The molecule has 1 N–H and O–H groups in total. The average molecular weight is 360 g/mol. The predicted molar refractivity (Wildman–Crippen MR) is 95.2 cm³/mol. The van der Waals surface area contributed by atoms with E-state index < -0.39 is 0 Å². The molecule has 0 aliphatic rings. The normalized spacial score (nSPS) is 10.6. The summed E-state index contributed by atoms with van der Waals surface area (Å²) >= 11 is 5.94. The van der Waals surface area contributed by atoms with Crippen molar-refractivity contribution in [3.05, 3.63) is 59.5 Å². The van der Waals surface area contributed by atoms with Crippen LogP contribution in [0.25, 0.3) is 5.65 Å². The Morgan fingerprint density at radius 1 is 1.20 bits per heavy atom. The van der Waals surface area contributed by atoms with Crippen LogP contribution in [0.2, 0.25) is 5.02 Å². The molecule has 0 spiro atoms. The highest BCUT2D eigenvalue weighted by Crippen LogP contribution is 2.25. The van der Waals surface area contributed by atoms with Gasteiger partial charge >= 0.3 is 0 Å². The number of halogens is 1. The van der Waals surface area contributed by atoms with Crippen molar-refractivity contribution < 1.29 is 14.3 Å². The van der Waals surface area contributed by atoms with Gasteiger partial charge in [0.1, 0.15) is 5.65 Å². The van der Waals surface area contributed by atoms with Crippen molar-refractivity contribution in [2.75, 3.05) is 13.7 Å². The number of ether oxygens (including phenoxy) is 2. The number of imidazole rings is 1. The van der Waals surface area contributed by atoms with Gasteiger partial charge in [-0.3, -0.25) is 4.79 Å². The molecule has 7 heteroatoms. The first-order valence-electron chi connectivity index (χ1n) is 7.81. The zero-order chi connectivity index (χ0) is 17.6. The van der Waals surface area contributed by atoms with E-state index in [0.29, 0.717) is 23.1 Å². The van der Waals surface area contributed by atoms with Gasteiger partial charge in [0.05, 0.1) is 37.4 Å². The van der Waals surface area contributed by atoms with Crippen LogP contribution in [-0.2, 0) is 11.3 Å². The number of hydrogen-bond donors (Lipinski definition) is 1. The summed E-state index contributed by atoms with van der Waals surface area (Å²) in [6.45, 7) is 0.625. The minimum absolute atomic E-state index is 0.106. The van der Waals surface area contributed by atoms with Crippen LogP contribution in [0.4, 0.5) is 0 Å². The maximum atomic E-state index is 12.0. The number of carbonyl (C=O) groups excluding carboxylic acids is 1. The van der Waals surface area contributed by atoms with Crippen LogP contribution in [0.1, 0.15) is 12.1 Å². The lowest BCUT2D eigenvalue weighted by atomic mass is 10.3. The molecule has 2 heterocycles. The van der Waals surface area contributed by atoms with Crippen LogP contribution in [0.3, 0.4) is 0 Å². The van der Waals surface area contributed by atoms with Crippen LogP contribution < -0.4 is 14.8 Å². The first-order chi connectivity index (χ1) is 12.2. The Bertz CT molecular complexity index is 879. The first-order valence-corrected chi connectivity index (χ1v) is 8.19. The van der Waals surface area contributed by atoms with E-state index in [1.54, 1.807) is 25.4 Å². The van der Waals surface area contributed by atoms with E-state index in [1.165, 1.54) is 0 Å². The lowest BCUT2D eigenvalue weighted by molar-refractivity contribution is -0.121. The molecule has 0 bridgehead atoms. The molecule has 2 aromatic heterocycles. The molecular weight excluding hydrogens is 342 g/mol. The van der Waals surface area contributed by atoms with Gasteiger partial charge in [-0.15, -0.1) is 0 Å². The number of benzene rings is 1. The van der Waals surface area contributed by atoms with E-state index in [4.69, 9.17) is 21.1 Å². The summed E-state index contributed by atoms with van der Waals surface area (Å²) in [4.78, 5) is 16.4. The number of hydrogen-bond acceptors (Lipinski definition) is 4. The molecule has 0 radical (unpaired) electrons. The van der Waals surface area contributed by atoms with Crippen LogP contribution >= 0.6 is 11.6 Å². The largest absolute Gasteiger partial charge is 0.493 e. The summed E-state index contributed by atoms with van der Waals surface area (Å²) in [6.07, 6.45) is 3.86. The molecule has 0 unspecified atom stereocenters. The van der Waals surface area contributed by atoms with Crippen molar-refractivity contribution in [3.8, 4) is 11.5 Å². The third-order valence-electron chi connectivity index (χ3n) is 3.59. The van der Waals surface area contributed by atoms with Gasteiger partial charge in [-0.2, -0.15) is 0 Å². The number of pyridine rings is 1. The van der Waals surface area contributed by atoms with Crippen molar-refractivity contribution in [2.45, 2.75) is 13.0 Å². The molecule has 130 valence electrons. The SMILES string of the molecule is COc1ccccc1OCCC(=O)NCc1cn2cc(Cl)ccc2n1. The number of amides is 1. The monoisotopic (exact) mass is 359 g/mol. The second-order valence-corrected chi connectivity index (χ2v) is 5.81. The van der Waals surface area contributed by atoms with Crippen LogP contribution in [0.5, 0.6) is 11.5 Å². The number of fused-ring (bicyclic) bond motifs is 1. The predicted octanol–water partition coefficient (Wildman–Crippen LogP) is 3.08. The molecule has 0 fully saturated rings. The van der Waals surface area contributed by atoms with Gasteiger partial charge in [0, 0.05) is 12.4 Å². The fraction of sp³-hybridized carbons (Fsp3) is 0.222. The van der Waals surface area contributed by atoms with Gasteiger partial charge in [0.2, 0.25) is 5.91 Å². The Labute approximate surface area is 150 Å². The molecular formula is C18H18ClN3O3. The van der Waals surface area contributed by atoms with E-state index in [-0.39, 0.29) is 18.9 Å². The smallest absolute Gasteiger partial charge is 0.223 e. The summed E-state index contributed by atoms with van der Waals surface area (Å²) < 4.78 is 12.6. The summed E-state index contributed by atoms with van der Waals surface area (Å²) in [6, 6.07) is 10.9. The highest BCUT2D eigenvalue weighted by molar-refractivity contribution is 6.30. The van der Waals surface area contributed by atoms with Crippen molar-refractivity contribution >= 4 is 23.2 Å². The van der Waals surface area contributed by atoms with E-state index in [2.05, 4.69) is 10.3 Å². The number of aromatic nitrogens is 2. The molecule has 6 nitrogen and oxygen atoms in total. The highest BCUT2D eigenvalue weighted by atomic mass is 35.5. The fourth-order valence-corrected chi connectivity index (χ4v) is 2.54. The van der Waals surface area contributed by atoms with E-state index in [0.717, 1.165) is 11.3 Å². The second-order valence-electron chi connectivity index (χ2n) is 5.37. The minimum Gasteiger partial charge on any atom is -0.493 e. The Morgan fingerprint density at radius 2 is 2.00 bits per heavy atom. The zero-order valence-electron chi connectivity index (χ0n) is 13.7. The van der Waals surface area contributed by atoms with Gasteiger partial charge in [-0.25, -0.2) is 4.98 Å². The molecule has 1 amide bonds. The number of methoxy groups -OCH3 is 1. The third kappa shape index (κ3) is 4.42. The number of rotatable bonds is 7. The lowest BCUT2D eigenvalue weighted by Crippen LogP contribution is -2.24. The highest BCUT2D eigenvalue weighted by Gasteiger charge is 2.07. The molecule has 3 aromatic rings. The van der Waals surface area contributed by atoms with Crippen LogP contribution in [0, 0.1) is 0 Å². The molecule has 1 aromatic carbocycles. The van der Waals surface area contributed by atoms with Crippen LogP contribution in [0.15, 0.2) is 48.8 Å². The van der Waals surface area contributed by atoms with Gasteiger partial charge < -0.3 is 19.2 Å². The van der Waals surface area contributed by atoms with E-state index in [9.17, 15) is 4.79 Å². The first kappa shape index (κ1) is 17.1. The van der Waals surface area contributed by atoms with Gasteiger partial charge in [0.15, 0.2) is 11.5 Å². The minimum atomic E-state index is -0.106. The topological polar surface area (TPSA) is 64.9 Å². The summed E-state index contributed by atoms with van der Waals surface area (Å²) in [5.41, 5.74) is 1.55. The van der Waals surface area contributed by atoms with Crippen molar-refractivity contribution in [2.24, 2.45) is 0 Å². The number of nitrogens with one attached hydrogen (secondary N) is 1. The molecule has 0 aliphatic carbocycles. The van der Waals surface area contributed by atoms with Crippen molar-refractivity contribution in [3.63, 3.8) is 0 Å². The van der Waals surface area contributed by atoms with Gasteiger partial charge in [-0.1, -0.05) is 23.7 Å². The Morgan fingerprint density at radius 3 is 2.80 bits per heavy atom. The Kier molecular flexibility index (Phi) is 5.40. The molecule has 0 atom stereocenters. The molecule has 0 saturated carbocycles. The molecule has 25 heavy (non-hydrogen) atoms. The fourth-order valence-electron chi connectivity index (χ4n) is 2.37. The summed E-state index contributed by atoms with van der Waals surface area (Å²) in [7, 11) is 1.58. The molecule has 0 aliphatic heterocycles.